The van der Waals surface area contributed by atoms with Crippen molar-refractivity contribution in [2.45, 2.75) is 31.2 Å². The maximum atomic E-state index is 12.2. The summed E-state index contributed by atoms with van der Waals surface area (Å²) < 4.78 is 28.7. The minimum Gasteiger partial charge on any atom is -0.399 e. The molecule has 0 aliphatic rings. The van der Waals surface area contributed by atoms with Crippen molar-refractivity contribution in [2.24, 2.45) is 0 Å². The van der Waals surface area contributed by atoms with Crippen molar-refractivity contribution >= 4 is 21.7 Å². The first kappa shape index (κ1) is 14.4. The number of anilines is 2. The standard InChI is InChI=1S/C13H18N4O2S/c1-2-3-9-17-10-8-15-13(17)16-20(18,19)12-6-4-11(14)5-7-12/h4-8,10H,2-3,9,14H2,1H3,(H,15,16). The van der Waals surface area contributed by atoms with Crippen LogP contribution in [0.15, 0.2) is 41.6 Å². The molecule has 0 fully saturated rings. The van der Waals surface area contributed by atoms with E-state index in [1.165, 1.54) is 12.1 Å². The second kappa shape index (κ2) is 5.96. The molecule has 2 aromatic rings. The Labute approximate surface area is 118 Å². The first-order valence-electron chi connectivity index (χ1n) is 6.42. The smallest absolute Gasteiger partial charge is 0.264 e. The van der Waals surface area contributed by atoms with Crippen LogP contribution in [0.3, 0.4) is 0 Å². The number of hydrogen-bond donors (Lipinski definition) is 2. The van der Waals surface area contributed by atoms with E-state index >= 15 is 0 Å². The Hall–Kier alpha value is -2.02. The zero-order chi connectivity index (χ0) is 14.6. The summed E-state index contributed by atoms with van der Waals surface area (Å²) in [6, 6.07) is 6.05. The van der Waals surface area contributed by atoms with E-state index in [1.807, 2.05) is 0 Å². The van der Waals surface area contributed by atoms with Gasteiger partial charge in [0.05, 0.1) is 4.90 Å². The van der Waals surface area contributed by atoms with Crippen LogP contribution in [0.4, 0.5) is 11.6 Å². The van der Waals surface area contributed by atoms with Crippen molar-refractivity contribution in [3.63, 3.8) is 0 Å². The molecule has 0 saturated carbocycles. The molecule has 1 heterocycles. The van der Waals surface area contributed by atoms with E-state index in [4.69, 9.17) is 5.73 Å². The first-order chi connectivity index (χ1) is 9.53. The van der Waals surface area contributed by atoms with Crippen molar-refractivity contribution in [3.05, 3.63) is 36.7 Å². The van der Waals surface area contributed by atoms with E-state index in [0.717, 1.165) is 19.4 Å². The summed E-state index contributed by atoms with van der Waals surface area (Å²) in [5.41, 5.74) is 6.07. The molecule has 108 valence electrons. The molecule has 0 aliphatic heterocycles. The minimum atomic E-state index is -3.64. The summed E-state index contributed by atoms with van der Waals surface area (Å²) in [5.74, 6) is 0.329. The fourth-order valence-corrected chi connectivity index (χ4v) is 2.77. The van der Waals surface area contributed by atoms with Gasteiger partial charge in [-0.3, -0.25) is 0 Å². The van der Waals surface area contributed by atoms with E-state index in [9.17, 15) is 8.42 Å². The van der Waals surface area contributed by atoms with Crippen LogP contribution < -0.4 is 10.5 Å². The summed E-state index contributed by atoms with van der Waals surface area (Å²) in [4.78, 5) is 4.21. The fraction of sp³-hybridized carbons (Fsp3) is 0.308. The molecule has 1 aromatic carbocycles. The van der Waals surface area contributed by atoms with Gasteiger partial charge in [-0.15, -0.1) is 0 Å². The molecular weight excluding hydrogens is 276 g/mol. The summed E-state index contributed by atoms with van der Waals surface area (Å²) in [6.45, 7) is 2.81. The number of hydrogen-bond acceptors (Lipinski definition) is 4. The number of nitrogens with zero attached hydrogens (tertiary/aromatic N) is 2. The average Bonchev–Trinajstić information content (AvgIpc) is 2.83. The molecule has 0 radical (unpaired) electrons. The molecule has 20 heavy (non-hydrogen) atoms. The van der Waals surface area contributed by atoms with Gasteiger partial charge in [-0.1, -0.05) is 13.3 Å². The summed E-state index contributed by atoms with van der Waals surface area (Å²) >= 11 is 0. The molecule has 6 nitrogen and oxygen atoms in total. The number of nitrogens with one attached hydrogen (secondary N) is 1. The number of benzene rings is 1. The van der Waals surface area contributed by atoms with Gasteiger partial charge in [0, 0.05) is 24.6 Å². The number of unbranched alkanes of at least 4 members (excludes halogenated alkanes) is 1. The van der Waals surface area contributed by atoms with E-state index in [0.29, 0.717) is 11.6 Å². The number of aryl methyl sites for hydroxylation is 1. The van der Waals surface area contributed by atoms with E-state index in [2.05, 4.69) is 16.6 Å². The van der Waals surface area contributed by atoms with Crippen LogP contribution in [-0.2, 0) is 16.6 Å². The maximum Gasteiger partial charge on any atom is 0.264 e. The monoisotopic (exact) mass is 294 g/mol. The van der Waals surface area contributed by atoms with Gasteiger partial charge in [0.15, 0.2) is 0 Å². The lowest BCUT2D eigenvalue weighted by Crippen LogP contribution is -2.16. The highest BCUT2D eigenvalue weighted by Gasteiger charge is 2.16. The van der Waals surface area contributed by atoms with E-state index in [-0.39, 0.29) is 4.90 Å². The number of sulfonamides is 1. The molecule has 7 heteroatoms. The predicted molar refractivity (Wildman–Crippen MR) is 78.8 cm³/mol. The fourth-order valence-electron chi connectivity index (χ4n) is 1.75. The quantitative estimate of drug-likeness (QED) is 0.798. The lowest BCUT2D eigenvalue weighted by molar-refractivity contribution is 0.598. The third kappa shape index (κ3) is 3.30. The molecule has 0 bridgehead atoms. The normalized spacial score (nSPS) is 11.4. The molecule has 0 spiro atoms. The van der Waals surface area contributed by atoms with Crippen LogP contribution in [-0.4, -0.2) is 18.0 Å². The van der Waals surface area contributed by atoms with Crippen LogP contribution in [0, 0.1) is 0 Å². The molecule has 1 aromatic heterocycles. The molecular formula is C13H18N4O2S. The molecule has 3 N–H and O–H groups in total. The van der Waals surface area contributed by atoms with Crippen molar-refractivity contribution < 1.29 is 8.42 Å². The highest BCUT2D eigenvalue weighted by atomic mass is 32.2. The maximum absolute atomic E-state index is 12.2. The SMILES string of the molecule is CCCCn1ccnc1NS(=O)(=O)c1ccc(N)cc1. The van der Waals surface area contributed by atoms with Crippen LogP contribution >= 0.6 is 0 Å². The molecule has 0 amide bonds. The summed E-state index contributed by atoms with van der Waals surface area (Å²) in [7, 11) is -3.64. The second-order valence-electron chi connectivity index (χ2n) is 4.47. The zero-order valence-corrected chi connectivity index (χ0v) is 12.1. The van der Waals surface area contributed by atoms with Crippen LogP contribution in [0.25, 0.3) is 0 Å². The first-order valence-corrected chi connectivity index (χ1v) is 7.91. The Bertz CT molecular complexity index is 662. The van der Waals surface area contributed by atoms with Gasteiger partial charge in [0.1, 0.15) is 0 Å². The van der Waals surface area contributed by atoms with Crippen LogP contribution in [0.5, 0.6) is 0 Å². The molecule has 0 unspecified atom stereocenters. The third-order valence-electron chi connectivity index (χ3n) is 2.88. The van der Waals surface area contributed by atoms with Gasteiger partial charge in [-0.05, 0) is 30.7 Å². The topological polar surface area (TPSA) is 90.0 Å². The van der Waals surface area contributed by atoms with E-state index in [1.54, 1.807) is 29.1 Å². The number of rotatable bonds is 6. The Kier molecular flexibility index (Phi) is 4.29. The van der Waals surface area contributed by atoms with Crippen molar-refractivity contribution in [1.29, 1.82) is 0 Å². The van der Waals surface area contributed by atoms with Crippen molar-refractivity contribution in [3.8, 4) is 0 Å². The van der Waals surface area contributed by atoms with Gasteiger partial charge in [0.2, 0.25) is 5.95 Å². The van der Waals surface area contributed by atoms with Crippen LogP contribution in [0.2, 0.25) is 0 Å². The second-order valence-corrected chi connectivity index (χ2v) is 6.15. The summed E-state index contributed by atoms with van der Waals surface area (Å²) in [5, 5.41) is 0. The van der Waals surface area contributed by atoms with Crippen molar-refractivity contribution in [1.82, 2.24) is 9.55 Å². The van der Waals surface area contributed by atoms with Crippen molar-refractivity contribution in [2.75, 3.05) is 10.5 Å². The van der Waals surface area contributed by atoms with Gasteiger partial charge < -0.3 is 10.3 Å². The van der Waals surface area contributed by atoms with E-state index < -0.39 is 10.0 Å². The molecule has 0 saturated heterocycles. The van der Waals surface area contributed by atoms with Gasteiger partial charge >= 0.3 is 0 Å². The minimum absolute atomic E-state index is 0.164. The Balaban J connectivity index is 2.20. The number of imidazole rings is 1. The predicted octanol–water partition coefficient (Wildman–Crippen LogP) is 2.07. The third-order valence-corrected chi connectivity index (χ3v) is 4.23. The van der Waals surface area contributed by atoms with Gasteiger partial charge in [-0.2, -0.15) is 0 Å². The van der Waals surface area contributed by atoms with Crippen LogP contribution in [0.1, 0.15) is 19.8 Å². The Morgan fingerprint density at radius 2 is 2.00 bits per heavy atom. The molecule has 0 aliphatic carbocycles. The number of aromatic nitrogens is 2. The zero-order valence-electron chi connectivity index (χ0n) is 11.3. The average molecular weight is 294 g/mol. The molecule has 2 rings (SSSR count). The highest BCUT2D eigenvalue weighted by molar-refractivity contribution is 7.92. The van der Waals surface area contributed by atoms with Gasteiger partial charge in [0.25, 0.3) is 10.0 Å². The highest BCUT2D eigenvalue weighted by Crippen LogP contribution is 2.16. The summed E-state index contributed by atoms with van der Waals surface area (Å²) in [6.07, 6.45) is 5.34. The lowest BCUT2D eigenvalue weighted by atomic mass is 10.3. The Morgan fingerprint density at radius 1 is 1.30 bits per heavy atom. The van der Waals surface area contributed by atoms with Gasteiger partial charge in [-0.25, -0.2) is 18.1 Å². The largest absolute Gasteiger partial charge is 0.399 e. The lowest BCUT2D eigenvalue weighted by Gasteiger charge is -2.10. The number of nitrogen functional groups attached to an aromatic ring is 1. The molecule has 0 atom stereocenters. The Morgan fingerprint density at radius 3 is 2.65 bits per heavy atom. The number of nitrogens with two attached hydrogens (primary N) is 1.